The highest BCUT2D eigenvalue weighted by Gasteiger charge is 2.03. The van der Waals surface area contributed by atoms with Gasteiger partial charge in [-0.2, -0.15) is 0 Å². The van der Waals surface area contributed by atoms with Gasteiger partial charge in [-0.3, -0.25) is 4.79 Å². The molecule has 86 valence electrons. The van der Waals surface area contributed by atoms with Gasteiger partial charge in [-0.15, -0.1) is 0 Å². The predicted octanol–water partition coefficient (Wildman–Crippen LogP) is 2.84. The van der Waals surface area contributed by atoms with Gasteiger partial charge in [0.1, 0.15) is 6.61 Å². The van der Waals surface area contributed by atoms with Crippen LogP contribution in [0.3, 0.4) is 0 Å². The van der Waals surface area contributed by atoms with Gasteiger partial charge in [-0.1, -0.05) is 36.3 Å². The molecule has 0 atom stereocenters. The summed E-state index contributed by atoms with van der Waals surface area (Å²) in [5.74, 6) is 0.0612. The SMILES string of the molecule is CCO/N=C/CC(=O)c1ccc(CC)cc1. The van der Waals surface area contributed by atoms with Gasteiger partial charge in [0, 0.05) is 12.0 Å². The van der Waals surface area contributed by atoms with Crippen LogP contribution in [0.1, 0.15) is 36.2 Å². The smallest absolute Gasteiger partial charge is 0.168 e. The summed E-state index contributed by atoms with van der Waals surface area (Å²) < 4.78 is 0. The molecule has 0 radical (unpaired) electrons. The molecule has 16 heavy (non-hydrogen) atoms. The zero-order chi connectivity index (χ0) is 11.8. The highest BCUT2D eigenvalue weighted by atomic mass is 16.6. The van der Waals surface area contributed by atoms with Gasteiger partial charge in [0.05, 0.1) is 6.21 Å². The second kappa shape index (κ2) is 6.77. The molecule has 0 fully saturated rings. The lowest BCUT2D eigenvalue weighted by molar-refractivity contribution is 0.0998. The second-order valence-electron chi connectivity index (χ2n) is 3.38. The number of aryl methyl sites for hydroxylation is 1. The molecule has 0 aliphatic heterocycles. The van der Waals surface area contributed by atoms with Crippen molar-refractivity contribution < 1.29 is 9.63 Å². The van der Waals surface area contributed by atoms with Gasteiger partial charge in [0.2, 0.25) is 0 Å². The number of hydrogen-bond acceptors (Lipinski definition) is 3. The fourth-order valence-corrected chi connectivity index (χ4v) is 1.29. The molecule has 0 amide bonds. The van der Waals surface area contributed by atoms with E-state index in [9.17, 15) is 4.79 Å². The number of oxime groups is 1. The predicted molar refractivity (Wildman–Crippen MR) is 64.9 cm³/mol. The molecule has 0 saturated heterocycles. The molecule has 0 aromatic heterocycles. The minimum absolute atomic E-state index is 0.0612. The molecule has 0 aliphatic carbocycles. The Morgan fingerprint density at radius 1 is 1.31 bits per heavy atom. The summed E-state index contributed by atoms with van der Waals surface area (Å²) in [6, 6.07) is 7.67. The molecule has 0 aliphatic rings. The first-order valence-electron chi connectivity index (χ1n) is 5.53. The number of hydrogen-bond donors (Lipinski definition) is 0. The maximum absolute atomic E-state index is 11.7. The summed E-state index contributed by atoms with van der Waals surface area (Å²) in [5.41, 5.74) is 1.96. The highest BCUT2D eigenvalue weighted by Crippen LogP contribution is 2.06. The molecule has 1 aromatic carbocycles. The summed E-state index contributed by atoms with van der Waals surface area (Å²) in [4.78, 5) is 16.4. The van der Waals surface area contributed by atoms with Gasteiger partial charge in [0.15, 0.2) is 5.78 Å². The molecular weight excluding hydrogens is 202 g/mol. The number of rotatable bonds is 6. The van der Waals surface area contributed by atoms with E-state index in [4.69, 9.17) is 4.84 Å². The van der Waals surface area contributed by atoms with Crippen LogP contribution in [0, 0.1) is 0 Å². The first kappa shape index (κ1) is 12.4. The lowest BCUT2D eigenvalue weighted by Crippen LogP contribution is -2.00. The van der Waals surface area contributed by atoms with Crippen molar-refractivity contribution in [2.45, 2.75) is 26.7 Å². The Hall–Kier alpha value is -1.64. The van der Waals surface area contributed by atoms with Crippen molar-refractivity contribution in [3.63, 3.8) is 0 Å². The van der Waals surface area contributed by atoms with Crippen molar-refractivity contribution in [2.24, 2.45) is 5.16 Å². The molecule has 1 aromatic rings. The fraction of sp³-hybridized carbons (Fsp3) is 0.385. The third-order valence-electron chi connectivity index (χ3n) is 2.24. The van der Waals surface area contributed by atoms with Crippen LogP contribution in [-0.4, -0.2) is 18.6 Å². The quantitative estimate of drug-likeness (QED) is 0.419. The van der Waals surface area contributed by atoms with E-state index >= 15 is 0 Å². The zero-order valence-electron chi connectivity index (χ0n) is 9.77. The van der Waals surface area contributed by atoms with Crippen LogP contribution in [0.4, 0.5) is 0 Å². The molecule has 0 saturated carbocycles. The summed E-state index contributed by atoms with van der Waals surface area (Å²) in [6.45, 7) is 4.46. The molecule has 0 bridgehead atoms. The number of Topliss-reactive ketones (excluding diaryl/α,β-unsaturated/α-hetero) is 1. The van der Waals surface area contributed by atoms with Gasteiger partial charge in [0.25, 0.3) is 0 Å². The van der Waals surface area contributed by atoms with Gasteiger partial charge >= 0.3 is 0 Å². The average Bonchev–Trinajstić information content (AvgIpc) is 2.34. The van der Waals surface area contributed by atoms with Crippen molar-refractivity contribution in [2.75, 3.05) is 6.61 Å². The Kier molecular flexibility index (Phi) is 5.26. The minimum Gasteiger partial charge on any atom is -0.396 e. The van der Waals surface area contributed by atoms with Crippen LogP contribution in [0.15, 0.2) is 29.4 Å². The first-order chi connectivity index (χ1) is 7.77. The van der Waals surface area contributed by atoms with E-state index in [0.717, 1.165) is 12.0 Å². The van der Waals surface area contributed by atoms with Gasteiger partial charge in [-0.05, 0) is 18.9 Å². The van der Waals surface area contributed by atoms with E-state index in [-0.39, 0.29) is 12.2 Å². The van der Waals surface area contributed by atoms with E-state index in [0.29, 0.717) is 6.61 Å². The van der Waals surface area contributed by atoms with Crippen LogP contribution >= 0.6 is 0 Å². The second-order valence-corrected chi connectivity index (χ2v) is 3.38. The normalized spacial score (nSPS) is 10.6. The Balaban J connectivity index is 2.52. The van der Waals surface area contributed by atoms with E-state index in [1.807, 2.05) is 31.2 Å². The zero-order valence-corrected chi connectivity index (χ0v) is 9.77. The van der Waals surface area contributed by atoms with Crippen molar-refractivity contribution in [1.29, 1.82) is 0 Å². The summed E-state index contributed by atoms with van der Waals surface area (Å²) in [5, 5.41) is 3.64. The van der Waals surface area contributed by atoms with E-state index in [2.05, 4.69) is 12.1 Å². The van der Waals surface area contributed by atoms with Gasteiger partial charge in [-0.25, -0.2) is 0 Å². The van der Waals surface area contributed by atoms with Crippen LogP contribution in [-0.2, 0) is 11.3 Å². The van der Waals surface area contributed by atoms with Crippen LogP contribution < -0.4 is 0 Å². The van der Waals surface area contributed by atoms with Crippen molar-refractivity contribution in [3.8, 4) is 0 Å². The Morgan fingerprint density at radius 3 is 2.56 bits per heavy atom. The van der Waals surface area contributed by atoms with Crippen LogP contribution in [0.5, 0.6) is 0 Å². The molecule has 0 unspecified atom stereocenters. The third kappa shape index (κ3) is 3.85. The maximum Gasteiger partial charge on any atom is 0.168 e. The maximum atomic E-state index is 11.7. The Bertz CT molecular complexity index is 355. The van der Waals surface area contributed by atoms with E-state index in [1.54, 1.807) is 0 Å². The molecule has 0 heterocycles. The number of carbonyl (C=O) groups is 1. The lowest BCUT2D eigenvalue weighted by atomic mass is 10.1. The van der Waals surface area contributed by atoms with Crippen molar-refractivity contribution >= 4 is 12.0 Å². The summed E-state index contributed by atoms with van der Waals surface area (Å²) in [7, 11) is 0. The molecule has 3 heteroatoms. The third-order valence-corrected chi connectivity index (χ3v) is 2.24. The monoisotopic (exact) mass is 219 g/mol. The van der Waals surface area contributed by atoms with Crippen LogP contribution in [0.25, 0.3) is 0 Å². The molecule has 0 spiro atoms. The number of benzene rings is 1. The molecule has 0 N–H and O–H groups in total. The topological polar surface area (TPSA) is 38.7 Å². The Morgan fingerprint density at radius 2 is 2.00 bits per heavy atom. The number of carbonyl (C=O) groups excluding carboxylic acids is 1. The minimum atomic E-state index is 0.0612. The fourth-order valence-electron chi connectivity index (χ4n) is 1.29. The Labute approximate surface area is 96.1 Å². The van der Waals surface area contributed by atoms with Crippen molar-refractivity contribution in [3.05, 3.63) is 35.4 Å². The summed E-state index contributed by atoms with van der Waals surface area (Å²) in [6.07, 6.45) is 2.77. The largest absolute Gasteiger partial charge is 0.396 e. The van der Waals surface area contributed by atoms with E-state index < -0.39 is 0 Å². The summed E-state index contributed by atoms with van der Waals surface area (Å²) >= 11 is 0. The highest BCUT2D eigenvalue weighted by molar-refractivity contribution is 6.03. The first-order valence-corrected chi connectivity index (χ1v) is 5.53. The average molecular weight is 219 g/mol. The number of ketones is 1. The van der Waals surface area contributed by atoms with Crippen molar-refractivity contribution in [1.82, 2.24) is 0 Å². The molecular formula is C13H17NO2. The number of nitrogens with zero attached hydrogens (tertiary/aromatic N) is 1. The van der Waals surface area contributed by atoms with Crippen LogP contribution in [0.2, 0.25) is 0 Å². The van der Waals surface area contributed by atoms with Gasteiger partial charge < -0.3 is 4.84 Å². The standard InChI is InChI=1S/C13H17NO2/c1-3-11-5-7-12(8-6-11)13(15)9-10-14-16-4-2/h5-8,10H,3-4,9H2,1-2H3/b14-10+. The molecule has 3 nitrogen and oxygen atoms in total. The van der Waals surface area contributed by atoms with E-state index in [1.165, 1.54) is 11.8 Å². The lowest BCUT2D eigenvalue weighted by Gasteiger charge is -1.99. The molecule has 1 rings (SSSR count).